The third-order valence-corrected chi connectivity index (χ3v) is 3.00. The van der Waals surface area contributed by atoms with E-state index in [1.54, 1.807) is 0 Å². The second-order valence-corrected chi connectivity index (χ2v) is 5.27. The first-order valence-corrected chi connectivity index (χ1v) is 5.90. The molecule has 0 saturated heterocycles. The lowest BCUT2D eigenvalue weighted by atomic mass is 10.1. The van der Waals surface area contributed by atoms with Crippen molar-refractivity contribution < 1.29 is 0 Å². The molecule has 0 N–H and O–H groups in total. The van der Waals surface area contributed by atoms with Crippen molar-refractivity contribution in [3.05, 3.63) is 10.0 Å². The first-order chi connectivity index (χ1) is 6.59. The lowest BCUT2D eigenvalue weighted by molar-refractivity contribution is 0.300. The van der Waals surface area contributed by atoms with Crippen molar-refractivity contribution in [2.75, 3.05) is 13.6 Å². The van der Waals surface area contributed by atoms with E-state index in [1.807, 2.05) is 0 Å². The Morgan fingerprint density at radius 2 is 2.21 bits per heavy atom. The van der Waals surface area contributed by atoms with Crippen LogP contribution in [0.15, 0.2) is 0 Å². The summed E-state index contributed by atoms with van der Waals surface area (Å²) in [6.45, 7) is 6.32. The Morgan fingerprint density at radius 3 is 2.71 bits per heavy atom. The largest absolute Gasteiger partial charge is 0.300 e. The van der Waals surface area contributed by atoms with Gasteiger partial charge in [-0.3, -0.25) is 0 Å². The molecular weight excluding hydrogens is 218 g/mol. The van der Waals surface area contributed by atoms with Crippen LogP contribution in [0.1, 0.15) is 26.0 Å². The standard InChI is InChI=1S/C9H16ClN3S/c1-7(2)4-5-13(3)6-8-9(10)14-12-11-8/h7H,4-6H2,1-3H3. The van der Waals surface area contributed by atoms with Crippen LogP contribution >= 0.6 is 23.1 Å². The van der Waals surface area contributed by atoms with Gasteiger partial charge >= 0.3 is 0 Å². The fraction of sp³-hybridized carbons (Fsp3) is 0.778. The molecule has 0 bridgehead atoms. The first kappa shape index (κ1) is 11.9. The highest BCUT2D eigenvalue weighted by Crippen LogP contribution is 2.18. The Hall–Kier alpha value is -0.190. The summed E-state index contributed by atoms with van der Waals surface area (Å²) in [7, 11) is 2.08. The van der Waals surface area contributed by atoms with Crippen LogP contribution in [0.25, 0.3) is 0 Å². The molecule has 0 spiro atoms. The van der Waals surface area contributed by atoms with Gasteiger partial charge in [-0.15, -0.1) is 5.10 Å². The molecule has 0 amide bonds. The number of nitrogens with zero attached hydrogens (tertiary/aromatic N) is 3. The fourth-order valence-electron chi connectivity index (χ4n) is 1.10. The average molecular weight is 234 g/mol. The van der Waals surface area contributed by atoms with Gasteiger partial charge in [-0.25, -0.2) is 0 Å². The van der Waals surface area contributed by atoms with Crippen LogP contribution in [-0.4, -0.2) is 28.1 Å². The molecule has 0 aromatic carbocycles. The van der Waals surface area contributed by atoms with Gasteiger partial charge in [0, 0.05) is 18.1 Å². The fourth-order valence-corrected chi connectivity index (χ4v) is 1.72. The van der Waals surface area contributed by atoms with E-state index in [0.29, 0.717) is 4.34 Å². The molecular formula is C9H16ClN3S. The molecule has 0 atom stereocenters. The van der Waals surface area contributed by atoms with E-state index in [4.69, 9.17) is 11.6 Å². The summed E-state index contributed by atoms with van der Waals surface area (Å²) in [5.41, 5.74) is 0.892. The predicted octanol–water partition coefficient (Wildman–Crippen LogP) is 2.67. The molecule has 1 heterocycles. The molecule has 1 aromatic heterocycles. The summed E-state index contributed by atoms with van der Waals surface area (Å²) in [5.74, 6) is 0.737. The number of aromatic nitrogens is 2. The van der Waals surface area contributed by atoms with Gasteiger partial charge in [0.2, 0.25) is 0 Å². The smallest absolute Gasteiger partial charge is 0.138 e. The van der Waals surface area contributed by atoms with Gasteiger partial charge in [0.15, 0.2) is 0 Å². The maximum Gasteiger partial charge on any atom is 0.138 e. The van der Waals surface area contributed by atoms with Crippen molar-refractivity contribution in [2.45, 2.75) is 26.8 Å². The van der Waals surface area contributed by atoms with Crippen molar-refractivity contribution in [1.29, 1.82) is 0 Å². The normalized spacial score (nSPS) is 11.6. The van der Waals surface area contributed by atoms with Crippen LogP contribution in [0.3, 0.4) is 0 Å². The summed E-state index contributed by atoms with van der Waals surface area (Å²) >= 11 is 7.16. The Labute approximate surface area is 94.2 Å². The third kappa shape index (κ3) is 3.90. The van der Waals surface area contributed by atoms with Crippen molar-refractivity contribution in [1.82, 2.24) is 14.5 Å². The van der Waals surface area contributed by atoms with Crippen LogP contribution in [0.4, 0.5) is 0 Å². The molecule has 5 heteroatoms. The molecule has 1 aromatic rings. The SMILES string of the molecule is CC(C)CCN(C)Cc1nnsc1Cl. The zero-order valence-corrected chi connectivity index (χ0v) is 10.4. The monoisotopic (exact) mass is 233 g/mol. The molecule has 1 rings (SSSR count). The van der Waals surface area contributed by atoms with E-state index in [2.05, 4.69) is 35.4 Å². The van der Waals surface area contributed by atoms with Gasteiger partial charge < -0.3 is 4.90 Å². The minimum atomic E-state index is 0.710. The molecule has 0 fully saturated rings. The molecule has 80 valence electrons. The van der Waals surface area contributed by atoms with Crippen LogP contribution in [0.2, 0.25) is 4.34 Å². The van der Waals surface area contributed by atoms with Crippen LogP contribution in [0.5, 0.6) is 0 Å². The number of hydrogen-bond donors (Lipinski definition) is 0. The minimum Gasteiger partial charge on any atom is -0.300 e. The van der Waals surface area contributed by atoms with Gasteiger partial charge in [0.05, 0.1) is 0 Å². The average Bonchev–Trinajstić information content (AvgIpc) is 2.49. The summed E-state index contributed by atoms with van der Waals surface area (Å²) in [6.07, 6.45) is 1.20. The summed E-state index contributed by atoms with van der Waals surface area (Å²) in [4.78, 5) is 2.22. The highest BCUT2D eigenvalue weighted by molar-refractivity contribution is 7.10. The summed E-state index contributed by atoms with van der Waals surface area (Å²) in [5, 5.41) is 3.98. The zero-order valence-electron chi connectivity index (χ0n) is 8.83. The second kappa shape index (κ2) is 5.63. The van der Waals surface area contributed by atoms with E-state index in [9.17, 15) is 0 Å². The zero-order chi connectivity index (χ0) is 10.6. The molecule has 0 unspecified atom stereocenters. The van der Waals surface area contributed by atoms with Crippen molar-refractivity contribution in [3.8, 4) is 0 Å². The lowest BCUT2D eigenvalue weighted by Crippen LogP contribution is -2.20. The van der Waals surface area contributed by atoms with Crippen molar-refractivity contribution in [2.24, 2.45) is 5.92 Å². The van der Waals surface area contributed by atoms with E-state index in [-0.39, 0.29) is 0 Å². The highest BCUT2D eigenvalue weighted by atomic mass is 35.5. The van der Waals surface area contributed by atoms with Gasteiger partial charge in [0.25, 0.3) is 0 Å². The van der Waals surface area contributed by atoms with E-state index in [0.717, 1.165) is 24.7 Å². The molecule has 14 heavy (non-hydrogen) atoms. The predicted molar refractivity (Wildman–Crippen MR) is 60.7 cm³/mol. The summed E-state index contributed by atoms with van der Waals surface area (Å²) < 4.78 is 4.51. The Balaban J connectivity index is 2.34. The molecule has 0 saturated carbocycles. The van der Waals surface area contributed by atoms with Gasteiger partial charge in [-0.1, -0.05) is 29.9 Å². The number of rotatable bonds is 5. The van der Waals surface area contributed by atoms with E-state index < -0.39 is 0 Å². The van der Waals surface area contributed by atoms with Gasteiger partial charge in [-0.2, -0.15) is 0 Å². The number of halogens is 1. The van der Waals surface area contributed by atoms with Gasteiger partial charge in [-0.05, 0) is 25.9 Å². The molecule has 0 aliphatic carbocycles. The summed E-state index contributed by atoms with van der Waals surface area (Å²) in [6, 6.07) is 0. The lowest BCUT2D eigenvalue weighted by Gasteiger charge is -2.16. The van der Waals surface area contributed by atoms with Crippen LogP contribution < -0.4 is 0 Å². The van der Waals surface area contributed by atoms with Crippen LogP contribution in [0, 0.1) is 5.92 Å². The van der Waals surface area contributed by atoms with Crippen LogP contribution in [-0.2, 0) is 6.54 Å². The van der Waals surface area contributed by atoms with Crippen molar-refractivity contribution in [3.63, 3.8) is 0 Å². The Kier molecular flexibility index (Phi) is 4.78. The quantitative estimate of drug-likeness (QED) is 0.783. The molecule has 0 aliphatic heterocycles. The molecule has 0 radical (unpaired) electrons. The maximum atomic E-state index is 5.91. The third-order valence-electron chi connectivity index (χ3n) is 2.02. The molecule has 0 aliphatic rings. The first-order valence-electron chi connectivity index (χ1n) is 4.75. The van der Waals surface area contributed by atoms with E-state index in [1.165, 1.54) is 18.0 Å². The van der Waals surface area contributed by atoms with E-state index >= 15 is 0 Å². The topological polar surface area (TPSA) is 29.0 Å². The highest BCUT2D eigenvalue weighted by Gasteiger charge is 2.08. The second-order valence-electron chi connectivity index (χ2n) is 3.91. The number of hydrogen-bond acceptors (Lipinski definition) is 4. The van der Waals surface area contributed by atoms with Crippen molar-refractivity contribution >= 4 is 23.1 Å². The van der Waals surface area contributed by atoms with Gasteiger partial charge in [0.1, 0.15) is 10.0 Å². The minimum absolute atomic E-state index is 0.710. The maximum absolute atomic E-state index is 5.91. The molecule has 3 nitrogen and oxygen atoms in total. The Morgan fingerprint density at radius 1 is 1.50 bits per heavy atom. The Bertz CT molecular complexity index is 275.